The van der Waals surface area contributed by atoms with Gasteiger partial charge in [0.1, 0.15) is 11.5 Å². The summed E-state index contributed by atoms with van der Waals surface area (Å²) in [5, 5.41) is 1.35. The van der Waals surface area contributed by atoms with Crippen molar-refractivity contribution in [2.45, 2.75) is 44.6 Å². The lowest BCUT2D eigenvalue weighted by Crippen LogP contribution is -2.24. The van der Waals surface area contributed by atoms with Crippen LogP contribution in [0.15, 0.2) is 62.9 Å². The van der Waals surface area contributed by atoms with E-state index >= 15 is 0 Å². The smallest absolute Gasteiger partial charge is 0.262 e. The number of hydrogen-bond acceptors (Lipinski definition) is 6. The molecule has 4 aromatic rings. The summed E-state index contributed by atoms with van der Waals surface area (Å²) in [6, 6.07) is 15.2. The lowest BCUT2D eigenvalue weighted by molar-refractivity contribution is 0.414. The number of ether oxygens (including phenoxy) is 1. The number of fused-ring (bicyclic) bond motifs is 1. The number of rotatable bonds is 8. The van der Waals surface area contributed by atoms with Crippen molar-refractivity contribution in [2.24, 2.45) is 5.92 Å². The predicted molar refractivity (Wildman–Crippen MR) is 128 cm³/mol. The molecule has 0 unspecified atom stereocenters. The second-order valence-electron chi connectivity index (χ2n) is 8.06. The summed E-state index contributed by atoms with van der Waals surface area (Å²) >= 11 is 1.51. The Hall–Kier alpha value is -3.06. The van der Waals surface area contributed by atoms with Gasteiger partial charge in [0.2, 0.25) is 5.89 Å². The van der Waals surface area contributed by atoms with Crippen LogP contribution in [0, 0.1) is 12.8 Å². The van der Waals surface area contributed by atoms with Crippen LogP contribution in [0.4, 0.5) is 0 Å². The highest BCUT2D eigenvalue weighted by molar-refractivity contribution is 7.98. The van der Waals surface area contributed by atoms with Gasteiger partial charge in [-0.05, 0) is 43.5 Å². The average Bonchev–Trinajstić information content (AvgIpc) is 3.17. The molecule has 0 saturated heterocycles. The molecule has 0 N–H and O–H groups in total. The normalized spacial score (nSPS) is 11.4. The van der Waals surface area contributed by atoms with E-state index in [0.717, 1.165) is 23.4 Å². The van der Waals surface area contributed by atoms with Gasteiger partial charge in [-0.25, -0.2) is 9.97 Å². The quantitative estimate of drug-likeness (QED) is 0.254. The largest absolute Gasteiger partial charge is 0.496 e. The van der Waals surface area contributed by atoms with E-state index in [1.807, 2.05) is 55.5 Å². The Morgan fingerprint density at radius 1 is 1.09 bits per heavy atom. The van der Waals surface area contributed by atoms with Gasteiger partial charge in [-0.1, -0.05) is 49.9 Å². The molecule has 0 fully saturated rings. The minimum absolute atomic E-state index is 0.00494. The van der Waals surface area contributed by atoms with Gasteiger partial charge in [0, 0.05) is 12.3 Å². The van der Waals surface area contributed by atoms with Gasteiger partial charge >= 0.3 is 0 Å². The molecule has 0 atom stereocenters. The van der Waals surface area contributed by atoms with Crippen LogP contribution in [0.1, 0.15) is 31.7 Å². The molecule has 7 heteroatoms. The van der Waals surface area contributed by atoms with Gasteiger partial charge in [0.25, 0.3) is 5.56 Å². The molecule has 2 heterocycles. The third-order valence-corrected chi connectivity index (χ3v) is 6.31. The van der Waals surface area contributed by atoms with Crippen molar-refractivity contribution < 1.29 is 9.15 Å². The lowest BCUT2D eigenvalue weighted by Gasteiger charge is -2.14. The molecule has 4 rings (SSSR count). The van der Waals surface area contributed by atoms with Gasteiger partial charge in [-0.3, -0.25) is 9.36 Å². The minimum Gasteiger partial charge on any atom is -0.496 e. The molecule has 0 aliphatic heterocycles. The minimum atomic E-state index is 0.00494. The molecule has 2 aromatic heterocycles. The highest BCUT2D eigenvalue weighted by Gasteiger charge is 2.17. The lowest BCUT2D eigenvalue weighted by atomic mass is 10.1. The first-order chi connectivity index (χ1) is 15.5. The summed E-state index contributed by atoms with van der Waals surface area (Å²) in [5.74, 6) is 3.03. The van der Waals surface area contributed by atoms with Crippen LogP contribution < -0.4 is 10.3 Å². The van der Waals surface area contributed by atoms with Crippen LogP contribution in [0.2, 0.25) is 0 Å². The first-order valence-electron chi connectivity index (χ1n) is 10.7. The monoisotopic (exact) mass is 449 g/mol. The Balaban J connectivity index is 1.65. The Morgan fingerprint density at radius 3 is 2.62 bits per heavy atom. The second-order valence-corrected chi connectivity index (χ2v) is 9.00. The highest BCUT2D eigenvalue weighted by atomic mass is 32.2. The summed E-state index contributed by atoms with van der Waals surface area (Å²) in [6.07, 6.45) is 0.911. The van der Waals surface area contributed by atoms with Gasteiger partial charge in [0.15, 0.2) is 5.16 Å². The summed E-state index contributed by atoms with van der Waals surface area (Å²) in [6.45, 7) is 6.86. The molecule has 2 aromatic carbocycles. The van der Waals surface area contributed by atoms with E-state index in [0.29, 0.717) is 45.9 Å². The number of oxazole rings is 1. The number of aryl methyl sites for hydroxylation is 1. The summed E-state index contributed by atoms with van der Waals surface area (Å²) in [5.41, 5.74) is 2.36. The molecule has 6 nitrogen and oxygen atoms in total. The van der Waals surface area contributed by atoms with Crippen LogP contribution in [0.3, 0.4) is 0 Å². The first kappa shape index (κ1) is 22.1. The summed E-state index contributed by atoms with van der Waals surface area (Å²) in [4.78, 5) is 22.7. The maximum atomic E-state index is 13.2. The maximum absolute atomic E-state index is 13.2. The van der Waals surface area contributed by atoms with E-state index in [-0.39, 0.29) is 5.56 Å². The zero-order valence-electron chi connectivity index (χ0n) is 18.8. The Kier molecular flexibility index (Phi) is 6.65. The second kappa shape index (κ2) is 9.61. The topological polar surface area (TPSA) is 70.2 Å². The van der Waals surface area contributed by atoms with E-state index in [2.05, 4.69) is 13.8 Å². The number of hydrogen-bond donors (Lipinski definition) is 0. The number of para-hydroxylation sites is 2. The Bertz CT molecular complexity index is 1290. The van der Waals surface area contributed by atoms with Gasteiger partial charge in [-0.15, -0.1) is 0 Å². The van der Waals surface area contributed by atoms with E-state index in [9.17, 15) is 4.79 Å². The summed E-state index contributed by atoms with van der Waals surface area (Å²) < 4.78 is 13.2. The Morgan fingerprint density at radius 2 is 1.84 bits per heavy atom. The molecule has 0 spiro atoms. The molecule has 166 valence electrons. The van der Waals surface area contributed by atoms with E-state index in [1.165, 1.54) is 11.8 Å². The van der Waals surface area contributed by atoms with E-state index < -0.39 is 0 Å². The number of benzene rings is 2. The van der Waals surface area contributed by atoms with Crippen molar-refractivity contribution in [3.8, 4) is 17.2 Å². The molecule has 0 amide bonds. The van der Waals surface area contributed by atoms with E-state index in [4.69, 9.17) is 19.1 Å². The molecule has 0 aliphatic rings. The molecule has 32 heavy (non-hydrogen) atoms. The van der Waals surface area contributed by atoms with Crippen LogP contribution in [-0.4, -0.2) is 21.6 Å². The third kappa shape index (κ3) is 4.58. The van der Waals surface area contributed by atoms with Gasteiger partial charge < -0.3 is 9.15 Å². The standard InChI is InChI=1S/C25H27N3O3S/c1-16(2)13-14-28-24(29)18-9-5-7-11-20(18)27-25(28)32-15-21-17(3)31-23(26-21)19-10-6-8-12-22(19)30-4/h5-12,16H,13-15H2,1-4H3. The SMILES string of the molecule is COc1ccccc1-c1nc(CSc2nc3ccccc3c(=O)n2CCC(C)C)c(C)o1. The van der Waals surface area contributed by atoms with Crippen LogP contribution in [0.25, 0.3) is 22.4 Å². The highest BCUT2D eigenvalue weighted by Crippen LogP contribution is 2.32. The van der Waals surface area contributed by atoms with Crippen molar-refractivity contribution in [1.29, 1.82) is 0 Å². The van der Waals surface area contributed by atoms with Crippen molar-refractivity contribution in [3.05, 3.63) is 70.3 Å². The number of thioether (sulfide) groups is 1. The van der Waals surface area contributed by atoms with Crippen molar-refractivity contribution in [3.63, 3.8) is 0 Å². The van der Waals surface area contributed by atoms with Crippen LogP contribution in [0.5, 0.6) is 5.75 Å². The van der Waals surface area contributed by atoms with Crippen molar-refractivity contribution >= 4 is 22.7 Å². The molecule has 0 bridgehead atoms. The van der Waals surface area contributed by atoms with Gasteiger partial charge in [-0.2, -0.15) is 0 Å². The fourth-order valence-corrected chi connectivity index (χ4v) is 4.50. The van der Waals surface area contributed by atoms with E-state index in [1.54, 1.807) is 11.7 Å². The summed E-state index contributed by atoms with van der Waals surface area (Å²) in [7, 11) is 1.63. The number of aromatic nitrogens is 3. The molecule has 0 radical (unpaired) electrons. The number of methoxy groups -OCH3 is 1. The zero-order valence-corrected chi connectivity index (χ0v) is 19.6. The fourth-order valence-electron chi connectivity index (χ4n) is 3.47. The predicted octanol–water partition coefficient (Wildman–Crippen LogP) is 5.71. The Labute approximate surface area is 191 Å². The molecule has 0 aliphatic carbocycles. The van der Waals surface area contributed by atoms with Gasteiger partial charge in [0.05, 0.1) is 29.3 Å². The maximum Gasteiger partial charge on any atom is 0.262 e. The molecule has 0 saturated carbocycles. The zero-order chi connectivity index (χ0) is 22.7. The van der Waals surface area contributed by atoms with Crippen LogP contribution in [-0.2, 0) is 12.3 Å². The molecular formula is C25H27N3O3S. The number of nitrogens with zero attached hydrogens (tertiary/aromatic N) is 3. The first-order valence-corrected chi connectivity index (χ1v) is 11.7. The fraction of sp³-hybridized carbons (Fsp3) is 0.320. The van der Waals surface area contributed by atoms with Crippen molar-refractivity contribution in [2.75, 3.05) is 7.11 Å². The average molecular weight is 450 g/mol. The molecular weight excluding hydrogens is 422 g/mol. The van der Waals surface area contributed by atoms with Crippen molar-refractivity contribution in [1.82, 2.24) is 14.5 Å². The van der Waals surface area contributed by atoms with Crippen LogP contribution >= 0.6 is 11.8 Å². The third-order valence-electron chi connectivity index (χ3n) is 5.32.